The predicted octanol–water partition coefficient (Wildman–Crippen LogP) is 5.61. The van der Waals surface area contributed by atoms with Gasteiger partial charge < -0.3 is 19.4 Å². The van der Waals surface area contributed by atoms with Crippen molar-refractivity contribution in [3.63, 3.8) is 0 Å². The predicted molar refractivity (Wildman–Crippen MR) is 140 cm³/mol. The molecule has 6 rings (SSSR count). The Morgan fingerprint density at radius 2 is 1.94 bits per heavy atom. The van der Waals surface area contributed by atoms with Crippen molar-refractivity contribution in [3.8, 4) is 34.0 Å². The van der Waals surface area contributed by atoms with E-state index in [2.05, 4.69) is 27.6 Å². The van der Waals surface area contributed by atoms with Gasteiger partial charge in [-0.25, -0.2) is 4.98 Å². The van der Waals surface area contributed by atoms with E-state index in [1.807, 2.05) is 60.1 Å². The van der Waals surface area contributed by atoms with Gasteiger partial charge >= 0.3 is 0 Å². The minimum atomic E-state index is -0.255. The Hall–Kier alpha value is -3.52. The van der Waals surface area contributed by atoms with Crippen LogP contribution >= 0.6 is 11.6 Å². The van der Waals surface area contributed by atoms with Gasteiger partial charge in [-0.3, -0.25) is 0 Å². The fourth-order valence-electron chi connectivity index (χ4n) is 4.93. The maximum absolute atomic E-state index is 10.1. The van der Waals surface area contributed by atoms with Crippen LogP contribution in [0.3, 0.4) is 0 Å². The zero-order chi connectivity index (χ0) is 24.6. The molecular weight excluding hydrogens is 474 g/mol. The summed E-state index contributed by atoms with van der Waals surface area (Å²) in [6.45, 7) is 0.691. The first-order valence-corrected chi connectivity index (χ1v) is 12.5. The summed E-state index contributed by atoms with van der Waals surface area (Å²) in [4.78, 5) is 4.78. The Kier molecular flexibility index (Phi) is 6.05. The van der Waals surface area contributed by atoms with Gasteiger partial charge in [-0.05, 0) is 72.4 Å². The molecule has 2 N–H and O–H groups in total. The van der Waals surface area contributed by atoms with Crippen molar-refractivity contribution in [2.24, 2.45) is 7.05 Å². The fourth-order valence-corrected chi connectivity index (χ4v) is 5.11. The average molecular weight is 500 g/mol. The van der Waals surface area contributed by atoms with Crippen LogP contribution in [0.25, 0.3) is 45.1 Å². The largest absolute Gasteiger partial charge is 0.436 e. The van der Waals surface area contributed by atoms with E-state index in [-0.39, 0.29) is 12.1 Å². The third kappa shape index (κ3) is 4.41. The molecule has 0 saturated heterocycles. The van der Waals surface area contributed by atoms with Crippen LogP contribution in [0.4, 0.5) is 0 Å². The zero-order valence-electron chi connectivity index (χ0n) is 19.9. The van der Waals surface area contributed by atoms with Gasteiger partial charge in [0.1, 0.15) is 11.8 Å². The number of nitrogens with zero attached hydrogens (tertiary/aromatic N) is 4. The summed E-state index contributed by atoms with van der Waals surface area (Å²) in [6, 6.07) is 20.1. The minimum absolute atomic E-state index is 0.163. The van der Waals surface area contributed by atoms with Crippen LogP contribution in [0.1, 0.15) is 24.8 Å². The van der Waals surface area contributed by atoms with Crippen molar-refractivity contribution in [3.05, 3.63) is 77.6 Å². The third-order valence-corrected chi connectivity index (χ3v) is 7.09. The summed E-state index contributed by atoms with van der Waals surface area (Å²) in [5.41, 5.74) is 6.46. The van der Waals surface area contributed by atoms with Crippen LogP contribution in [-0.2, 0) is 13.6 Å². The van der Waals surface area contributed by atoms with Gasteiger partial charge in [0.15, 0.2) is 11.4 Å². The number of nitrogens with one attached hydrogen (secondary N) is 1. The molecule has 7 nitrogen and oxygen atoms in total. The Morgan fingerprint density at radius 3 is 2.75 bits per heavy atom. The van der Waals surface area contributed by atoms with Crippen LogP contribution in [0, 0.1) is 0 Å². The molecule has 2 aromatic heterocycles. The van der Waals surface area contributed by atoms with Crippen LogP contribution in [0.5, 0.6) is 0 Å². The first kappa shape index (κ1) is 22.9. The summed E-state index contributed by atoms with van der Waals surface area (Å²) in [6.07, 6.45) is 4.38. The van der Waals surface area contributed by atoms with Gasteiger partial charge in [0, 0.05) is 35.8 Å². The molecule has 182 valence electrons. The number of rotatable bonds is 6. The SMILES string of the molecule is Cn1cnnc1-c1cc(Cl)ccc1-c1cccc(-c2nc3cc(CN[C@@H]4CCC[C@@H]4O)ccc3o2)c1. The number of halogens is 1. The molecule has 0 aliphatic heterocycles. The highest BCUT2D eigenvalue weighted by molar-refractivity contribution is 6.31. The molecule has 0 radical (unpaired) electrons. The number of hydrogen-bond donors (Lipinski definition) is 2. The maximum Gasteiger partial charge on any atom is 0.227 e. The van der Waals surface area contributed by atoms with Crippen molar-refractivity contribution in [1.29, 1.82) is 0 Å². The number of fused-ring (bicyclic) bond motifs is 1. The Morgan fingerprint density at radius 1 is 1.06 bits per heavy atom. The van der Waals surface area contributed by atoms with E-state index in [0.29, 0.717) is 17.5 Å². The van der Waals surface area contributed by atoms with Crippen molar-refractivity contribution < 1.29 is 9.52 Å². The molecular formula is C28H26ClN5O2. The molecule has 1 aliphatic carbocycles. The van der Waals surface area contributed by atoms with Gasteiger partial charge in [0.2, 0.25) is 5.89 Å². The first-order valence-electron chi connectivity index (χ1n) is 12.1. The van der Waals surface area contributed by atoms with Crippen LogP contribution in [-0.4, -0.2) is 37.0 Å². The molecule has 0 bridgehead atoms. The quantitative estimate of drug-likeness (QED) is 0.315. The summed E-state index contributed by atoms with van der Waals surface area (Å²) < 4.78 is 7.99. The number of oxazole rings is 1. The normalized spacial score (nSPS) is 17.8. The van der Waals surface area contributed by atoms with Gasteiger partial charge in [-0.1, -0.05) is 35.9 Å². The second kappa shape index (κ2) is 9.50. The number of hydrogen-bond acceptors (Lipinski definition) is 6. The second-order valence-corrected chi connectivity index (χ2v) is 9.78. The van der Waals surface area contributed by atoms with E-state index in [0.717, 1.165) is 64.0 Å². The molecule has 5 aromatic rings. The van der Waals surface area contributed by atoms with Crippen LogP contribution in [0.15, 0.2) is 71.4 Å². The number of aromatic nitrogens is 4. The van der Waals surface area contributed by atoms with Crippen molar-refractivity contribution in [1.82, 2.24) is 25.1 Å². The summed E-state index contributed by atoms with van der Waals surface area (Å²) in [5, 5.41) is 22.5. The molecule has 1 aliphatic rings. The van der Waals surface area contributed by atoms with Gasteiger partial charge in [-0.15, -0.1) is 10.2 Å². The van der Waals surface area contributed by atoms with E-state index in [4.69, 9.17) is 21.0 Å². The third-order valence-electron chi connectivity index (χ3n) is 6.85. The standard InChI is InChI=1S/C28H26ClN5O2/c1-34-16-31-33-27(34)22-14-20(29)9-10-21(22)18-4-2-5-19(13-18)28-32-24-12-17(8-11-26(24)36-28)15-30-23-6-3-7-25(23)35/h2,4-5,8-14,16,23,25,30,35H,3,6-7,15H2,1H3/t23-,25+/m1/s1. The topological polar surface area (TPSA) is 89.0 Å². The number of benzene rings is 3. The lowest BCUT2D eigenvalue weighted by atomic mass is 9.97. The summed E-state index contributed by atoms with van der Waals surface area (Å²) >= 11 is 6.33. The summed E-state index contributed by atoms with van der Waals surface area (Å²) in [5.74, 6) is 1.31. The maximum atomic E-state index is 10.1. The molecule has 1 saturated carbocycles. The molecule has 0 amide bonds. The number of aryl methyl sites for hydroxylation is 1. The molecule has 0 spiro atoms. The molecule has 0 unspecified atom stereocenters. The Balaban J connectivity index is 1.31. The fraction of sp³-hybridized carbons (Fsp3) is 0.250. The van der Waals surface area contributed by atoms with Crippen LogP contribution in [0.2, 0.25) is 5.02 Å². The van der Waals surface area contributed by atoms with Gasteiger partial charge in [0.25, 0.3) is 0 Å². The monoisotopic (exact) mass is 499 g/mol. The van der Waals surface area contributed by atoms with Crippen molar-refractivity contribution in [2.75, 3.05) is 0 Å². The smallest absolute Gasteiger partial charge is 0.227 e. The molecule has 36 heavy (non-hydrogen) atoms. The van der Waals surface area contributed by atoms with Crippen molar-refractivity contribution >= 4 is 22.7 Å². The van der Waals surface area contributed by atoms with Crippen molar-refractivity contribution in [2.45, 2.75) is 38.0 Å². The molecule has 2 heterocycles. The van der Waals surface area contributed by atoms with E-state index in [9.17, 15) is 5.11 Å². The second-order valence-electron chi connectivity index (χ2n) is 9.34. The highest BCUT2D eigenvalue weighted by atomic mass is 35.5. The van der Waals surface area contributed by atoms with Gasteiger partial charge in [0.05, 0.1) is 6.10 Å². The Labute approximate surface area is 213 Å². The number of aliphatic hydroxyl groups is 1. The van der Waals surface area contributed by atoms with E-state index >= 15 is 0 Å². The molecule has 2 atom stereocenters. The van der Waals surface area contributed by atoms with Gasteiger partial charge in [-0.2, -0.15) is 0 Å². The minimum Gasteiger partial charge on any atom is -0.436 e. The average Bonchev–Trinajstić information content (AvgIpc) is 3.62. The van der Waals surface area contributed by atoms with Crippen LogP contribution < -0.4 is 5.32 Å². The molecule has 8 heteroatoms. The molecule has 3 aromatic carbocycles. The Bertz CT molecular complexity index is 1540. The van der Waals surface area contributed by atoms with E-state index in [1.54, 1.807) is 6.33 Å². The summed E-state index contributed by atoms with van der Waals surface area (Å²) in [7, 11) is 1.91. The zero-order valence-corrected chi connectivity index (χ0v) is 20.6. The molecule has 1 fully saturated rings. The highest BCUT2D eigenvalue weighted by Crippen LogP contribution is 2.35. The first-order chi connectivity index (χ1) is 17.5. The van der Waals surface area contributed by atoms with E-state index in [1.165, 1.54) is 0 Å². The lowest BCUT2D eigenvalue weighted by Crippen LogP contribution is -2.34. The highest BCUT2D eigenvalue weighted by Gasteiger charge is 2.24. The van der Waals surface area contributed by atoms with E-state index < -0.39 is 0 Å². The lowest BCUT2D eigenvalue weighted by Gasteiger charge is -2.16. The lowest BCUT2D eigenvalue weighted by molar-refractivity contribution is 0.148. The number of aliphatic hydroxyl groups excluding tert-OH is 1.